The van der Waals surface area contributed by atoms with Crippen molar-refractivity contribution < 1.29 is 14.3 Å². The molecule has 0 radical (unpaired) electrons. The van der Waals surface area contributed by atoms with Gasteiger partial charge in [-0.05, 0) is 32.1 Å². The fourth-order valence-corrected chi connectivity index (χ4v) is 2.61. The van der Waals surface area contributed by atoms with Crippen molar-refractivity contribution in [3.8, 4) is 0 Å². The summed E-state index contributed by atoms with van der Waals surface area (Å²) >= 11 is 0. The summed E-state index contributed by atoms with van der Waals surface area (Å²) in [4.78, 5) is 22.7. The summed E-state index contributed by atoms with van der Waals surface area (Å²) in [6, 6.07) is 0. The Morgan fingerprint density at radius 1 is 1.19 bits per heavy atom. The van der Waals surface area contributed by atoms with E-state index in [1.807, 2.05) is 0 Å². The van der Waals surface area contributed by atoms with Gasteiger partial charge in [-0.25, -0.2) is 0 Å². The first-order chi connectivity index (χ1) is 7.63. The Hall–Kier alpha value is -0.860. The van der Waals surface area contributed by atoms with Crippen LogP contribution in [0.4, 0.5) is 0 Å². The predicted octanol–water partition coefficient (Wildman–Crippen LogP) is 2.73. The molecule has 1 fully saturated rings. The molecule has 1 aliphatic carbocycles. The quantitative estimate of drug-likeness (QED) is 0.695. The van der Waals surface area contributed by atoms with Gasteiger partial charge in [-0.3, -0.25) is 4.79 Å². The number of rotatable bonds is 3. The Bertz CT molecular complexity index is 248. The largest absolute Gasteiger partial charge is 0.469 e. The van der Waals surface area contributed by atoms with Crippen LogP contribution in [0.2, 0.25) is 0 Å². The first-order valence-corrected chi connectivity index (χ1v) is 6.20. The highest BCUT2D eigenvalue weighted by molar-refractivity contribution is 5.76. The number of hydrogen-bond acceptors (Lipinski definition) is 3. The average Bonchev–Trinajstić information content (AvgIpc) is 2.20. The minimum absolute atomic E-state index is 0.00894. The van der Waals surface area contributed by atoms with E-state index in [1.54, 1.807) is 6.92 Å². The molecule has 16 heavy (non-hydrogen) atoms. The lowest BCUT2D eigenvalue weighted by Gasteiger charge is -2.24. The van der Waals surface area contributed by atoms with Crippen LogP contribution < -0.4 is 0 Å². The van der Waals surface area contributed by atoms with E-state index in [9.17, 15) is 9.59 Å². The highest BCUT2D eigenvalue weighted by atomic mass is 16.5. The van der Waals surface area contributed by atoms with Crippen molar-refractivity contribution in [1.82, 2.24) is 0 Å². The summed E-state index contributed by atoms with van der Waals surface area (Å²) in [5.74, 6) is 0.515. The maximum atomic E-state index is 11.6. The predicted molar refractivity (Wildman–Crippen MR) is 62.0 cm³/mol. The van der Waals surface area contributed by atoms with E-state index in [0.29, 0.717) is 12.3 Å². The van der Waals surface area contributed by atoms with Crippen LogP contribution in [-0.2, 0) is 14.3 Å². The molecule has 1 rings (SSSR count). The molecule has 0 amide bonds. The summed E-state index contributed by atoms with van der Waals surface area (Å²) in [5.41, 5.74) is 0. The van der Waals surface area contributed by atoms with Gasteiger partial charge in [0.25, 0.3) is 0 Å². The second kappa shape index (κ2) is 6.66. The third-order valence-electron chi connectivity index (χ3n) is 3.39. The molecule has 0 aromatic carbocycles. The molecule has 0 N–H and O–H groups in total. The second-order valence-electron chi connectivity index (χ2n) is 4.87. The zero-order valence-corrected chi connectivity index (χ0v) is 10.3. The topological polar surface area (TPSA) is 43.4 Å². The van der Waals surface area contributed by atoms with Gasteiger partial charge in [-0.15, -0.1) is 0 Å². The molecule has 1 saturated carbocycles. The lowest BCUT2D eigenvalue weighted by molar-refractivity contribution is -0.146. The molecule has 0 aliphatic heterocycles. The third kappa shape index (κ3) is 4.33. The van der Waals surface area contributed by atoms with Crippen LogP contribution in [0.25, 0.3) is 0 Å². The number of esters is 1. The maximum absolute atomic E-state index is 11.6. The first-order valence-electron chi connectivity index (χ1n) is 6.20. The van der Waals surface area contributed by atoms with Gasteiger partial charge in [0.1, 0.15) is 5.78 Å². The zero-order chi connectivity index (χ0) is 12.0. The van der Waals surface area contributed by atoms with Crippen LogP contribution in [0, 0.1) is 11.8 Å². The molecule has 92 valence electrons. The molecule has 1 aliphatic rings. The van der Waals surface area contributed by atoms with Crippen LogP contribution >= 0.6 is 0 Å². The van der Waals surface area contributed by atoms with Crippen LogP contribution in [0.3, 0.4) is 0 Å². The summed E-state index contributed by atoms with van der Waals surface area (Å²) in [6.07, 6.45) is 6.90. The van der Waals surface area contributed by atoms with E-state index in [4.69, 9.17) is 4.74 Å². The maximum Gasteiger partial charge on any atom is 0.308 e. The molecule has 2 unspecified atom stereocenters. The molecular formula is C13H22O3. The Morgan fingerprint density at radius 3 is 2.50 bits per heavy atom. The minimum atomic E-state index is -0.101. The zero-order valence-electron chi connectivity index (χ0n) is 10.3. The van der Waals surface area contributed by atoms with Gasteiger partial charge in [-0.1, -0.05) is 19.3 Å². The number of carbonyl (C=O) groups is 2. The standard InChI is InChI=1S/C13H22O3/c1-10(14)8-11-6-4-3-5-7-12(9-11)13(15)16-2/h11-12H,3-9H2,1-2H3. The molecule has 0 heterocycles. The summed E-state index contributed by atoms with van der Waals surface area (Å²) < 4.78 is 4.82. The van der Waals surface area contributed by atoms with E-state index in [2.05, 4.69) is 0 Å². The van der Waals surface area contributed by atoms with Gasteiger partial charge in [0.2, 0.25) is 0 Å². The van der Waals surface area contributed by atoms with Crippen molar-refractivity contribution in [2.45, 2.75) is 51.9 Å². The fraction of sp³-hybridized carbons (Fsp3) is 0.846. The van der Waals surface area contributed by atoms with Crippen LogP contribution in [0.1, 0.15) is 51.9 Å². The number of Topliss-reactive ketones (excluding diaryl/α,β-unsaturated/α-hetero) is 1. The number of methoxy groups -OCH3 is 1. The molecule has 0 aromatic rings. The van der Waals surface area contributed by atoms with Crippen molar-refractivity contribution in [3.63, 3.8) is 0 Å². The molecule has 2 atom stereocenters. The summed E-state index contributed by atoms with van der Waals surface area (Å²) in [5, 5.41) is 0. The van der Waals surface area contributed by atoms with Crippen molar-refractivity contribution in [2.24, 2.45) is 11.8 Å². The van der Waals surface area contributed by atoms with Crippen LogP contribution in [-0.4, -0.2) is 18.9 Å². The fourth-order valence-electron chi connectivity index (χ4n) is 2.61. The molecular weight excluding hydrogens is 204 g/mol. The third-order valence-corrected chi connectivity index (χ3v) is 3.39. The second-order valence-corrected chi connectivity index (χ2v) is 4.87. The van der Waals surface area contributed by atoms with E-state index >= 15 is 0 Å². The normalized spacial score (nSPS) is 26.6. The van der Waals surface area contributed by atoms with E-state index < -0.39 is 0 Å². The van der Waals surface area contributed by atoms with Crippen molar-refractivity contribution >= 4 is 11.8 Å². The van der Waals surface area contributed by atoms with E-state index in [0.717, 1.165) is 25.7 Å². The number of ketones is 1. The minimum Gasteiger partial charge on any atom is -0.469 e. The SMILES string of the molecule is COC(=O)C1CCCCCC(CC(C)=O)C1. The Balaban J connectivity index is 2.56. The van der Waals surface area contributed by atoms with E-state index in [1.165, 1.54) is 20.0 Å². The monoisotopic (exact) mass is 226 g/mol. The van der Waals surface area contributed by atoms with Crippen molar-refractivity contribution in [1.29, 1.82) is 0 Å². The van der Waals surface area contributed by atoms with E-state index in [-0.39, 0.29) is 17.7 Å². The lowest BCUT2D eigenvalue weighted by Crippen LogP contribution is -2.22. The van der Waals surface area contributed by atoms with Gasteiger partial charge in [-0.2, -0.15) is 0 Å². The Labute approximate surface area is 97.5 Å². The Kier molecular flexibility index (Phi) is 5.50. The van der Waals surface area contributed by atoms with Crippen molar-refractivity contribution in [3.05, 3.63) is 0 Å². The molecule has 0 aromatic heterocycles. The molecule has 0 bridgehead atoms. The Morgan fingerprint density at radius 2 is 1.88 bits per heavy atom. The smallest absolute Gasteiger partial charge is 0.308 e. The molecule has 3 heteroatoms. The van der Waals surface area contributed by atoms with Gasteiger partial charge in [0.15, 0.2) is 0 Å². The first kappa shape index (κ1) is 13.2. The van der Waals surface area contributed by atoms with Gasteiger partial charge >= 0.3 is 5.97 Å². The summed E-state index contributed by atoms with van der Waals surface area (Å²) in [7, 11) is 1.45. The van der Waals surface area contributed by atoms with Gasteiger partial charge in [0.05, 0.1) is 13.0 Å². The number of carbonyl (C=O) groups excluding carboxylic acids is 2. The number of ether oxygens (including phenoxy) is 1. The van der Waals surface area contributed by atoms with Crippen LogP contribution in [0.15, 0.2) is 0 Å². The number of hydrogen-bond donors (Lipinski definition) is 0. The summed E-state index contributed by atoms with van der Waals surface area (Å²) in [6.45, 7) is 1.63. The van der Waals surface area contributed by atoms with Crippen LogP contribution in [0.5, 0.6) is 0 Å². The highest BCUT2D eigenvalue weighted by Crippen LogP contribution is 2.29. The molecule has 3 nitrogen and oxygen atoms in total. The van der Waals surface area contributed by atoms with Gasteiger partial charge < -0.3 is 9.53 Å². The molecule has 0 spiro atoms. The van der Waals surface area contributed by atoms with Crippen molar-refractivity contribution in [2.75, 3.05) is 7.11 Å². The highest BCUT2D eigenvalue weighted by Gasteiger charge is 2.25. The average molecular weight is 226 g/mol. The van der Waals surface area contributed by atoms with Gasteiger partial charge in [0, 0.05) is 6.42 Å². The lowest BCUT2D eigenvalue weighted by atomic mass is 9.82. The molecule has 0 saturated heterocycles.